The van der Waals surface area contributed by atoms with E-state index in [9.17, 15) is 8.78 Å². The minimum absolute atomic E-state index is 0.0312. The number of halogens is 4. The fourth-order valence-corrected chi connectivity index (χ4v) is 1.45. The second-order valence-corrected chi connectivity index (χ2v) is 3.21. The van der Waals surface area contributed by atoms with Crippen LogP contribution in [0.15, 0.2) is 6.07 Å². The Morgan fingerprint density at radius 3 is 2.62 bits per heavy atom. The van der Waals surface area contributed by atoms with E-state index in [0.29, 0.717) is 11.3 Å². The molecule has 0 bridgehead atoms. The molecule has 1 aromatic rings. The van der Waals surface area contributed by atoms with Crippen LogP contribution in [0.2, 0.25) is 5.02 Å². The Morgan fingerprint density at radius 1 is 1.54 bits per heavy atom. The highest BCUT2D eigenvalue weighted by atomic mass is 35.5. The molecule has 5 heteroatoms. The maximum Gasteiger partial charge on any atom is 0.281 e. The van der Waals surface area contributed by atoms with Gasteiger partial charge in [0.15, 0.2) is 0 Å². The monoisotopic (exact) mass is 225 g/mol. The number of hydrogen-bond acceptors (Lipinski definition) is 1. The van der Waals surface area contributed by atoms with Gasteiger partial charge in [0, 0.05) is 11.6 Å². The first-order valence-electron chi connectivity index (χ1n) is 3.56. The molecule has 0 fully saturated rings. The van der Waals surface area contributed by atoms with E-state index in [0.717, 1.165) is 0 Å². The maximum atomic E-state index is 12.3. The van der Waals surface area contributed by atoms with E-state index in [1.165, 1.54) is 6.07 Å². The van der Waals surface area contributed by atoms with Crippen molar-refractivity contribution in [2.45, 2.75) is 19.2 Å². The van der Waals surface area contributed by atoms with Gasteiger partial charge in [-0.2, -0.15) is 0 Å². The normalized spacial score (nSPS) is 10.9. The number of pyridine rings is 1. The molecular weight excluding hydrogens is 219 g/mol. The van der Waals surface area contributed by atoms with E-state index in [4.69, 9.17) is 23.2 Å². The van der Waals surface area contributed by atoms with E-state index < -0.39 is 6.43 Å². The lowest BCUT2D eigenvalue weighted by Crippen LogP contribution is -1.97. The average Bonchev–Trinajstić information content (AvgIpc) is 2.07. The van der Waals surface area contributed by atoms with Crippen LogP contribution in [0.3, 0.4) is 0 Å². The van der Waals surface area contributed by atoms with Crippen LogP contribution >= 0.6 is 23.2 Å². The molecule has 0 aliphatic heterocycles. The largest absolute Gasteiger partial charge is 0.281 e. The van der Waals surface area contributed by atoms with Crippen molar-refractivity contribution < 1.29 is 8.78 Å². The van der Waals surface area contributed by atoms with E-state index in [1.54, 1.807) is 6.92 Å². The zero-order chi connectivity index (χ0) is 10.0. The average molecular weight is 226 g/mol. The smallest absolute Gasteiger partial charge is 0.250 e. The molecule has 0 aliphatic rings. The van der Waals surface area contributed by atoms with Crippen LogP contribution in [0.5, 0.6) is 0 Å². The molecule has 0 unspecified atom stereocenters. The van der Waals surface area contributed by atoms with Crippen molar-refractivity contribution in [3.05, 3.63) is 28.0 Å². The van der Waals surface area contributed by atoms with Crippen LogP contribution in [0.1, 0.15) is 23.4 Å². The number of aromatic nitrogens is 1. The fraction of sp³-hybridized carbons (Fsp3) is 0.375. The molecule has 0 atom stereocenters. The molecule has 0 amide bonds. The molecule has 13 heavy (non-hydrogen) atoms. The number of rotatable bonds is 2. The predicted molar refractivity (Wildman–Crippen MR) is 48.5 cm³/mol. The summed E-state index contributed by atoms with van der Waals surface area (Å²) in [5.74, 6) is 0.224. The van der Waals surface area contributed by atoms with Gasteiger partial charge in [-0.05, 0) is 18.6 Å². The van der Waals surface area contributed by atoms with Gasteiger partial charge in [-0.15, -0.1) is 11.6 Å². The third kappa shape index (κ3) is 2.29. The first kappa shape index (κ1) is 10.7. The van der Waals surface area contributed by atoms with Gasteiger partial charge in [0.25, 0.3) is 6.43 Å². The summed E-state index contributed by atoms with van der Waals surface area (Å²) in [4.78, 5) is 3.68. The van der Waals surface area contributed by atoms with Crippen LogP contribution in [-0.4, -0.2) is 4.98 Å². The molecular formula is C8H7Cl2F2N. The second-order valence-electron chi connectivity index (χ2n) is 2.53. The molecule has 72 valence electrons. The molecule has 0 saturated heterocycles. The highest BCUT2D eigenvalue weighted by Gasteiger charge is 2.15. The summed E-state index contributed by atoms with van der Waals surface area (Å²) in [5, 5.41) is -0.0312. The number of alkyl halides is 3. The Kier molecular flexibility index (Phi) is 3.45. The first-order chi connectivity index (χ1) is 6.06. The van der Waals surface area contributed by atoms with Crippen LogP contribution in [-0.2, 0) is 5.88 Å². The fourth-order valence-electron chi connectivity index (χ4n) is 0.926. The maximum absolute atomic E-state index is 12.3. The van der Waals surface area contributed by atoms with Crippen molar-refractivity contribution in [1.82, 2.24) is 4.98 Å². The predicted octanol–water partition coefficient (Wildman–Crippen LogP) is 3.72. The van der Waals surface area contributed by atoms with Gasteiger partial charge in [0.05, 0.1) is 5.02 Å². The van der Waals surface area contributed by atoms with Gasteiger partial charge in [0.1, 0.15) is 5.69 Å². The third-order valence-electron chi connectivity index (χ3n) is 1.65. The zero-order valence-electron chi connectivity index (χ0n) is 6.82. The van der Waals surface area contributed by atoms with E-state index in [1.807, 2.05) is 0 Å². The summed E-state index contributed by atoms with van der Waals surface area (Å²) < 4.78 is 24.5. The van der Waals surface area contributed by atoms with Crippen molar-refractivity contribution >= 4 is 23.2 Å². The summed E-state index contributed by atoms with van der Waals surface area (Å²) in [7, 11) is 0. The molecule has 1 aromatic heterocycles. The van der Waals surface area contributed by atoms with Crippen molar-refractivity contribution in [2.24, 2.45) is 0 Å². The number of nitrogens with zero attached hydrogens (tertiary/aromatic N) is 1. The minimum Gasteiger partial charge on any atom is -0.250 e. The van der Waals surface area contributed by atoms with Gasteiger partial charge in [-0.3, -0.25) is 4.98 Å². The van der Waals surface area contributed by atoms with Gasteiger partial charge in [-0.25, -0.2) is 8.78 Å². The number of aryl methyl sites for hydroxylation is 1. The van der Waals surface area contributed by atoms with Crippen molar-refractivity contribution in [3.63, 3.8) is 0 Å². The quantitative estimate of drug-likeness (QED) is 0.700. The molecule has 0 aliphatic carbocycles. The Hall–Kier alpha value is -0.410. The van der Waals surface area contributed by atoms with Gasteiger partial charge in [0.2, 0.25) is 0 Å². The SMILES string of the molecule is Cc1nc(C(F)F)c(Cl)cc1CCl. The highest BCUT2D eigenvalue weighted by molar-refractivity contribution is 6.31. The summed E-state index contributed by atoms with van der Waals surface area (Å²) in [6, 6.07) is 1.43. The van der Waals surface area contributed by atoms with E-state index >= 15 is 0 Å². The Bertz CT molecular complexity index is 315. The van der Waals surface area contributed by atoms with Gasteiger partial charge in [-0.1, -0.05) is 11.6 Å². The second kappa shape index (κ2) is 4.20. The van der Waals surface area contributed by atoms with Crippen molar-refractivity contribution in [1.29, 1.82) is 0 Å². The van der Waals surface area contributed by atoms with Crippen LogP contribution in [0, 0.1) is 6.92 Å². The van der Waals surface area contributed by atoms with Crippen LogP contribution in [0.25, 0.3) is 0 Å². The van der Waals surface area contributed by atoms with E-state index in [2.05, 4.69) is 4.98 Å². The lowest BCUT2D eigenvalue weighted by molar-refractivity contribution is 0.146. The molecule has 0 aromatic carbocycles. The Morgan fingerprint density at radius 2 is 2.15 bits per heavy atom. The van der Waals surface area contributed by atoms with E-state index in [-0.39, 0.29) is 16.6 Å². The topological polar surface area (TPSA) is 12.9 Å². The number of hydrogen-bond donors (Lipinski definition) is 0. The lowest BCUT2D eigenvalue weighted by atomic mass is 10.2. The summed E-state index contributed by atoms with van der Waals surface area (Å²) >= 11 is 11.1. The Labute approximate surface area is 84.7 Å². The first-order valence-corrected chi connectivity index (χ1v) is 4.47. The zero-order valence-corrected chi connectivity index (χ0v) is 8.33. The summed E-state index contributed by atoms with van der Waals surface area (Å²) in [6.07, 6.45) is -2.64. The molecule has 0 N–H and O–H groups in total. The summed E-state index contributed by atoms with van der Waals surface area (Å²) in [6.45, 7) is 1.62. The third-order valence-corrected chi connectivity index (χ3v) is 2.24. The lowest BCUT2D eigenvalue weighted by Gasteiger charge is -2.06. The molecule has 0 saturated carbocycles. The summed E-state index contributed by atoms with van der Waals surface area (Å²) in [5.41, 5.74) is 0.791. The highest BCUT2D eigenvalue weighted by Crippen LogP contribution is 2.27. The van der Waals surface area contributed by atoms with Gasteiger partial charge >= 0.3 is 0 Å². The van der Waals surface area contributed by atoms with Crippen molar-refractivity contribution in [2.75, 3.05) is 0 Å². The molecule has 1 heterocycles. The van der Waals surface area contributed by atoms with Gasteiger partial charge < -0.3 is 0 Å². The van der Waals surface area contributed by atoms with Crippen LogP contribution < -0.4 is 0 Å². The Balaban J connectivity index is 3.20. The molecule has 0 spiro atoms. The standard InChI is InChI=1S/C8H7Cl2F2N/c1-4-5(3-9)2-6(10)7(13-4)8(11)12/h2,8H,3H2,1H3. The molecule has 0 radical (unpaired) electrons. The minimum atomic E-state index is -2.64. The van der Waals surface area contributed by atoms with Crippen molar-refractivity contribution in [3.8, 4) is 0 Å². The molecule has 1 rings (SSSR count). The molecule has 1 nitrogen and oxygen atoms in total. The van der Waals surface area contributed by atoms with Crippen LogP contribution in [0.4, 0.5) is 8.78 Å².